The molecule has 1 N–H and O–H groups in total. The number of aromatic nitrogens is 3. The molecule has 2 aromatic carbocycles. The summed E-state index contributed by atoms with van der Waals surface area (Å²) in [6.07, 6.45) is 1.86. The quantitative estimate of drug-likeness (QED) is 0.575. The Bertz CT molecular complexity index is 1060. The maximum Gasteiger partial charge on any atom is 0.258 e. The number of carbonyl (C=O) groups excluding carboxylic acids is 1. The number of fused-ring (bicyclic) bond motifs is 1. The zero-order chi connectivity index (χ0) is 18.5. The average molecular weight is 358 g/mol. The molecule has 2 aromatic heterocycles. The predicted octanol–water partition coefficient (Wildman–Crippen LogP) is 3.09. The number of hydrogen-bond donors (Lipinski definition) is 1. The van der Waals surface area contributed by atoms with Crippen LogP contribution < -0.4 is 10.1 Å². The first-order valence-electron chi connectivity index (χ1n) is 8.64. The van der Waals surface area contributed by atoms with Crippen LogP contribution in [0.3, 0.4) is 0 Å². The van der Waals surface area contributed by atoms with Crippen molar-refractivity contribution in [1.82, 2.24) is 19.9 Å². The highest BCUT2D eigenvalue weighted by molar-refractivity contribution is 5.78. The van der Waals surface area contributed by atoms with Crippen LogP contribution in [0.15, 0.2) is 79.0 Å². The molecule has 134 valence electrons. The molecule has 4 rings (SSSR count). The van der Waals surface area contributed by atoms with Gasteiger partial charge in [0.1, 0.15) is 5.75 Å². The van der Waals surface area contributed by atoms with Gasteiger partial charge in [0.2, 0.25) is 0 Å². The summed E-state index contributed by atoms with van der Waals surface area (Å²) in [4.78, 5) is 12.2. The number of carbonyl (C=O) groups is 1. The van der Waals surface area contributed by atoms with E-state index in [2.05, 4.69) is 15.5 Å². The monoisotopic (exact) mass is 358 g/mol. The number of hydrogen-bond acceptors (Lipinski definition) is 4. The Morgan fingerprint density at radius 1 is 0.926 bits per heavy atom. The lowest BCUT2D eigenvalue weighted by molar-refractivity contribution is -0.123. The maximum absolute atomic E-state index is 12.2. The van der Waals surface area contributed by atoms with Crippen molar-refractivity contribution in [3.05, 3.63) is 84.8 Å². The van der Waals surface area contributed by atoms with E-state index in [1.54, 1.807) is 0 Å². The van der Waals surface area contributed by atoms with Crippen molar-refractivity contribution < 1.29 is 9.53 Å². The molecule has 0 fully saturated rings. The Morgan fingerprint density at radius 3 is 2.59 bits per heavy atom. The summed E-state index contributed by atoms with van der Waals surface area (Å²) in [6, 6.07) is 23.3. The highest BCUT2D eigenvalue weighted by atomic mass is 16.5. The first-order chi connectivity index (χ1) is 13.3. The van der Waals surface area contributed by atoms with Crippen LogP contribution in [0.5, 0.6) is 5.75 Å². The van der Waals surface area contributed by atoms with E-state index in [0.717, 1.165) is 16.8 Å². The summed E-state index contributed by atoms with van der Waals surface area (Å²) in [5.74, 6) is 1.13. The van der Waals surface area contributed by atoms with Gasteiger partial charge < -0.3 is 10.1 Å². The lowest BCUT2D eigenvalue weighted by Crippen LogP contribution is -2.29. The van der Waals surface area contributed by atoms with Gasteiger partial charge in [-0.3, -0.25) is 9.20 Å². The molecule has 0 saturated heterocycles. The van der Waals surface area contributed by atoms with Crippen molar-refractivity contribution in [3.8, 4) is 16.9 Å². The summed E-state index contributed by atoms with van der Waals surface area (Å²) in [5, 5.41) is 11.0. The Balaban J connectivity index is 1.39. The minimum absolute atomic E-state index is 0.0689. The zero-order valence-electron chi connectivity index (χ0n) is 14.6. The van der Waals surface area contributed by atoms with Gasteiger partial charge in [0.25, 0.3) is 5.91 Å². The van der Waals surface area contributed by atoms with E-state index in [1.807, 2.05) is 83.4 Å². The lowest BCUT2D eigenvalue weighted by atomic mass is 10.1. The van der Waals surface area contributed by atoms with Crippen LogP contribution in [0.25, 0.3) is 16.8 Å². The normalized spacial score (nSPS) is 10.7. The van der Waals surface area contributed by atoms with Gasteiger partial charge in [-0.25, -0.2) is 0 Å². The largest absolute Gasteiger partial charge is 0.483 e. The van der Waals surface area contributed by atoms with Crippen molar-refractivity contribution in [1.29, 1.82) is 0 Å². The van der Waals surface area contributed by atoms with E-state index in [1.165, 1.54) is 0 Å². The number of rotatable bonds is 6. The summed E-state index contributed by atoms with van der Waals surface area (Å²) in [6.45, 7) is 0.217. The number of para-hydroxylation sites is 1. The molecule has 0 bridgehead atoms. The minimum Gasteiger partial charge on any atom is -0.483 e. The SMILES string of the molecule is O=C(COc1ccccc1-c1ccccc1)NCc1nnc2ccccn12. The molecule has 4 aromatic rings. The van der Waals surface area contributed by atoms with E-state index in [-0.39, 0.29) is 19.1 Å². The molecule has 0 aliphatic rings. The van der Waals surface area contributed by atoms with Crippen LogP contribution in [0.2, 0.25) is 0 Å². The first-order valence-corrected chi connectivity index (χ1v) is 8.64. The second-order valence-corrected chi connectivity index (χ2v) is 5.97. The lowest BCUT2D eigenvalue weighted by Gasteiger charge is -2.11. The number of nitrogens with one attached hydrogen (secondary N) is 1. The van der Waals surface area contributed by atoms with Crippen molar-refractivity contribution in [3.63, 3.8) is 0 Å². The average Bonchev–Trinajstić information content (AvgIpc) is 3.15. The fourth-order valence-electron chi connectivity index (χ4n) is 2.83. The molecule has 0 atom stereocenters. The van der Waals surface area contributed by atoms with Crippen LogP contribution in [0.1, 0.15) is 5.82 Å². The van der Waals surface area contributed by atoms with Gasteiger partial charge in [-0.05, 0) is 23.8 Å². The van der Waals surface area contributed by atoms with Crippen LogP contribution in [0, 0.1) is 0 Å². The maximum atomic E-state index is 12.2. The molecule has 1 amide bonds. The van der Waals surface area contributed by atoms with Crippen molar-refractivity contribution in [2.75, 3.05) is 6.61 Å². The molecule has 0 saturated carbocycles. The third-order valence-corrected chi connectivity index (χ3v) is 4.16. The Labute approximate surface area is 156 Å². The number of nitrogens with zero attached hydrogens (tertiary/aromatic N) is 3. The van der Waals surface area contributed by atoms with Gasteiger partial charge in [-0.2, -0.15) is 0 Å². The Kier molecular flexibility index (Phi) is 4.78. The van der Waals surface area contributed by atoms with Crippen LogP contribution in [-0.4, -0.2) is 27.1 Å². The summed E-state index contributed by atoms with van der Waals surface area (Å²) >= 11 is 0. The number of benzene rings is 2. The second-order valence-electron chi connectivity index (χ2n) is 5.97. The van der Waals surface area contributed by atoms with Gasteiger partial charge in [-0.1, -0.05) is 54.6 Å². The summed E-state index contributed by atoms with van der Waals surface area (Å²) in [5.41, 5.74) is 2.74. The standard InChI is InChI=1S/C21H18N4O2/c26-21(22-14-20-24-23-19-12-6-7-13-25(19)20)15-27-18-11-5-4-10-17(18)16-8-2-1-3-9-16/h1-13H,14-15H2,(H,22,26). The molecule has 0 unspecified atom stereocenters. The van der Waals surface area contributed by atoms with Gasteiger partial charge in [0.05, 0.1) is 6.54 Å². The predicted molar refractivity (Wildman–Crippen MR) is 102 cm³/mol. The molecule has 6 heteroatoms. The third-order valence-electron chi connectivity index (χ3n) is 4.16. The Hall–Kier alpha value is -3.67. The first kappa shape index (κ1) is 16.8. The van der Waals surface area contributed by atoms with E-state index in [9.17, 15) is 4.79 Å². The van der Waals surface area contributed by atoms with Crippen LogP contribution in [-0.2, 0) is 11.3 Å². The molecule has 0 aliphatic heterocycles. The number of amides is 1. The zero-order valence-corrected chi connectivity index (χ0v) is 14.6. The van der Waals surface area contributed by atoms with Gasteiger partial charge in [0.15, 0.2) is 18.1 Å². The van der Waals surface area contributed by atoms with Crippen LogP contribution in [0.4, 0.5) is 0 Å². The fraction of sp³-hybridized carbons (Fsp3) is 0.0952. The number of ether oxygens (including phenoxy) is 1. The third kappa shape index (κ3) is 3.79. The van der Waals surface area contributed by atoms with Crippen LogP contribution >= 0.6 is 0 Å². The topological polar surface area (TPSA) is 68.5 Å². The highest BCUT2D eigenvalue weighted by Crippen LogP contribution is 2.29. The second kappa shape index (κ2) is 7.70. The summed E-state index contributed by atoms with van der Waals surface area (Å²) < 4.78 is 7.59. The molecular formula is C21H18N4O2. The van der Waals surface area contributed by atoms with Gasteiger partial charge >= 0.3 is 0 Å². The molecule has 27 heavy (non-hydrogen) atoms. The Morgan fingerprint density at radius 2 is 1.70 bits per heavy atom. The molecule has 6 nitrogen and oxygen atoms in total. The van der Waals surface area contributed by atoms with Crippen molar-refractivity contribution in [2.24, 2.45) is 0 Å². The van der Waals surface area contributed by atoms with Crippen molar-refractivity contribution >= 4 is 11.6 Å². The van der Waals surface area contributed by atoms with E-state index in [4.69, 9.17) is 4.74 Å². The summed E-state index contributed by atoms with van der Waals surface area (Å²) in [7, 11) is 0. The van der Waals surface area contributed by atoms with E-state index < -0.39 is 0 Å². The molecule has 0 spiro atoms. The molecule has 0 aliphatic carbocycles. The molecule has 0 radical (unpaired) electrons. The molecular weight excluding hydrogens is 340 g/mol. The fourth-order valence-corrected chi connectivity index (χ4v) is 2.83. The van der Waals surface area contributed by atoms with Crippen molar-refractivity contribution in [2.45, 2.75) is 6.54 Å². The highest BCUT2D eigenvalue weighted by Gasteiger charge is 2.10. The number of pyridine rings is 1. The van der Waals surface area contributed by atoms with E-state index >= 15 is 0 Å². The van der Waals surface area contributed by atoms with Gasteiger partial charge in [0, 0.05) is 11.8 Å². The smallest absolute Gasteiger partial charge is 0.258 e. The minimum atomic E-state index is -0.217. The van der Waals surface area contributed by atoms with Gasteiger partial charge in [-0.15, -0.1) is 10.2 Å². The molecule has 2 heterocycles. The van der Waals surface area contributed by atoms with E-state index in [0.29, 0.717) is 11.6 Å².